The number of aromatic nitrogens is 2. The normalized spacial score (nSPS) is 11.9. The highest BCUT2D eigenvalue weighted by Crippen LogP contribution is 2.35. The van der Waals surface area contributed by atoms with Crippen molar-refractivity contribution in [3.8, 4) is 11.3 Å². The number of aryl methyl sites for hydroxylation is 1. The van der Waals surface area contributed by atoms with Crippen LogP contribution in [0.5, 0.6) is 0 Å². The molecule has 108 valence electrons. The summed E-state index contributed by atoms with van der Waals surface area (Å²) in [5, 5.41) is 0. The van der Waals surface area contributed by atoms with E-state index in [1.165, 1.54) is 6.07 Å². The molecular formula is C13H13F4N3. The Morgan fingerprint density at radius 1 is 1.30 bits per heavy atom. The maximum atomic E-state index is 13.3. The molecule has 7 heteroatoms. The first-order chi connectivity index (χ1) is 9.25. The number of rotatable bonds is 2. The predicted molar refractivity (Wildman–Crippen MR) is 67.4 cm³/mol. The number of anilines is 1. The van der Waals surface area contributed by atoms with E-state index in [0.717, 1.165) is 12.1 Å². The topological polar surface area (TPSA) is 43.8 Å². The molecule has 0 unspecified atom stereocenters. The van der Waals surface area contributed by atoms with E-state index in [-0.39, 0.29) is 17.1 Å². The van der Waals surface area contributed by atoms with Crippen molar-refractivity contribution in [2.75, 3.05) is 5.73 Å². The number of benzene rings is 1. The van der Waals surface area contributed by atoms with Crippen molar-refractivity contribution in [1.82, 2.24) is 9.55 Å². The molecule has 2 rings (SSSR count). The maximum Gasteiger partial charge on any atom is 0.419 e. The molecule has 0 radical (unpaired) electrons. The fourth-order valence-corrected chi connectivity index (χ4v) is 1.98. The zero-order valence-electron chi connectivity index (χ0n) is 10.9. The lowest BCUT2D eigenvalue weighted by atomic mass is 10.1. The van der Waals surface area contributed by atoms with Crippen LogP contribution >= 0.6 is 0 Å². The van der Waals surface area contributed by atoms with Gasteiger partial charge in [-0.25, -0.2) is 9.37 Å². The number of imidazole rings is 1. The lowest BCUT2D eigenvalue weighted by molar-refractivity contribution is -0.139. The third kappa shape index (κ3) is 2.35. The van der Waals surface area contributed by atoms with Gasteiger partial charge in [-0.1, -0.05) is 6.92 Å². The van der Waals surface area contributed by atoms with Crippen LogP contribution in [0.3, 0.4) is 0 Å². The van der Waals surface area contributed by atoms with E-state index < -0.39 is 17.6 Å². The summed E-state index contributed by atoms with van der Waals surface area (Å²) >= 11 is 0. The van der Waals surface area contributed by atoms with Gasteiger partial charge in [0.1, 0.15) is 23.2 Å². The first kappa shape index (κ1) is 14.4. The Morgan fingerprint density at radius 3 is 2.45 bits per heavy atom. The van der Waals surface area contributed by atoms with Crippen LogP contribution in [0.4, 0.5) is 23.4 Å². The number of hydrogen-bond acceptors (Lipinski definition) is 2. The smallest absolute Gasteiger partial charge is 0.383 e. The van der Waals surface area contributed by atoms with Crippen molar-refractivity contribution in [2.45, 2.75) is 19.5 Å². The van der Waals surface area contributed by atoms with Gasteiger partial charge in [-0.05, 0) is 18.2 Å². The molecule has 2 N–H and O–H groups in total. The van der Waals surface area contributed by atoms with E-state index in [4.69, 9.17) is 5.73 Å². The number of alkyl halides is 3. The molecular weight excluding hydrogens is 274 g/mol. The zero-order valence-corrected chi connectivity index (χ0v) is 10.9. The summed E-state index contributed by atoms with van der Waals surface area (Å²) in [7, 11) is 1.68. The fourth-order valence-electron chi connectivity index (χ4n) is 1.98. The monoisotopic (exact) mass is 287 g/mol. The first-order valence-electron chi connectivity index (χ1n) is 5.93. The van der Waals surface area contributed by atoms with E-state index in [0.29, 0.717) is 12.2 Å². The molecule has 0 aliphatic heterocycles. The molecule has 0 aliphatic carbocycles. The average Bonchev–Trinajstić information content (AvgIpc) is 2.65. The van der Waals surface area contributed by atoms with Crippen LogP contribution in [0, 0.1) is 5.82 Å². The molecule has 0 fully saturated rings. The molecule has 3 nitrogen and oxygen atoms in total. The summed E-state index contributed by atoms with van der Waals surface area (Å²) < 4.78 is 53.0. The van der Waals surface area contributed by atoms with E-state index >= 15 is 0 Å². The van der Waals surface area contributed by atoms with Gasteiger partial charge in [0, 0.05) is 19.0 Å². The van der Waals surface area contributed by atoms with Crippen molar-refractivity contribution in [3.63, 3.8) is 0 Å². The summed E-state index contributed by atoms with van der Waals surface area (Å²) in [6.07, 6.45) is -4.16. The van der Waals surface area contributed by atoms with Gasteiger partial charge in [-0.2, -0.15) is 13.2 Å². The lowest BCUT2D eigenvalue weighted by Gasteiger charge is -2.09. The fraction of sp³-hybridized carbons (Fsp3) is 0.308. The van der Waals surface area contributed by atoms with Gasteiger partial charge in [-0.3, -0.25) is 0 Å². The molecule has 1 aromatic carbocycles. The Hall–Kier alpha value is -2.05. The molecule has 0 saturated carbocycles. The second kappa shape index (κ2) is 4.81. The van der Waals surface area contributed by atoms with Gasteiger partial charge >= 0.3 is 6.18 Å². The Bertz CT molecular complexity index is 644. The Labute approximate surface area is 113 Å². The van der Waals surface area contributed by atoms with Crippen LogP contribution < -0.4 is 5.73 Å². The van der Waals surface area contributed by atoms with E-state index in [1.807, 2.05) is 6.92 Å². The average molecular weight is 287 g/mol. The zero-order chi connectivity index (χ0) is 15.1. The summed E-state index contributed by atoms with van der Waals surface area (Å²) in [6.45, 7) is 1.86. The van der Waals surface area contributed by atoms with Crippen LogP contribution in [0.15, 0.2) is 18.2 Å². The van der Waals surface area contributed by atoms with Gasteiger partial charge in [0.25, 0.3) is 0 Å². The molecule has 0 saturated heterocycles. The molecule has 0 bridgehead atoms. The minimum atomic E-state index is -4.75. The van der Waals surface area contributed by atoms with Gasteiger partial charge in [-0.15, -0.1) is 0 Å². The van der Waals surface area contributed by atoms with Gasteiger partial charge in [0.2, 0.25) is 0 Å². The molecule has 0 spiro atoms. The molecule has 0 atom stereocenters. The van der Waals surface area contributed by atoms with E-state index in [9.17, 15) is 17.6 Å². The minimum absolute atomic E-state index is 0.145. The van der Waals surface area contributed by atoms with Crippen LogP contribution in [-0.2, 0) is 19.6 Å². The van der Waals surface area contributed by atoms with E-state index in [1.54, 1.807) is 11.6 Å². The van der Waals surface area contributed by atoms with Crippen molar-refractivity contribution in [2.24, 2.45) is 7.05 Å². The summed E-state index contributed by atoms with van der Waals surface area (Å²) in [6, 6.07) is 2.74. The van der Waals surface area contributed by atoms with Crippen molar-refractivity contribution >= 4 is 5.82 Å². The summed E-state index contributed by atoms with van der Waals surface area (Å²) in [4.78, 5) is 4.20. The molecule has 0 amide bonds. The van der Waals surface area contributed by atoms with Gasteiger partial charge in [0.05, 0.1) is 5.56 Å². The highest BCUT2D eigenvalue weighted by molar-refractivity contribution is 5.71. The Balaban J connectivity index is 2.60. The number of halogens is 4. The minimum Gasteiger partial charge on any atom is -0.383 e. The number of nitrogens with two attached hydrogens (primary N) is 1. The highest BCUT2D eigenvalue weighted by Gasteiger charge is 2.34. The SMILES string of the molecule is CCc1nc(-c2ccc(F)c(C(F)(F)F)c2)c(N)n1C. The van der Waals surface area contributed by atoms with Gasteiger partial charge in [0.15, 0.2) is 0 Å². The lowest BCUT2D eigenvalue weighted by Crippen LogP contribution is -2.08. The van der Waals surface area contributed by atoms with Crippen LogP contribution in [-0.4, -0.2) is 9.55 Å². The molecule has 2 aromatic rings. The largest absolute Gasteiger partial charge is 0.419 e. The summed E-state index contributed by atoms with van der Waals surface area (Å²) in [5.41, 5.74) is 4.89. The number of nitrogens with zero attached hydrogens (tertiary/aromatic N) is 2. The third-order valence-electron chi connectivity index (χ3n) is 3.09. The van der Waals surface area contributed by atoms with Crippen molar-refractivity contribution in [3.05, 3.63) is 35.4 Å². The second-order valence-electron chi connectivity index (χ2n) is 4.37. The molecule has 0 aliphatic rings. The van der Waals surface area contributed by atoms with E-state index in [2.05, 4.69) is 4.98 Å². The molecule has 1 aromatic heterocycles. The summed E-state index contributed by atoms with van der Waals surface area (Å²) in [5.74, 6) is -0.413. The Morgan fingerprint density at radius 2 is 1.95 bits per heavy atom. The number of nitrogen functional groups attached to an aromatic ring is 1. The quantitative estimate of drug-likeness (QED) is 0.860. The number of hydrogen-bond donors (Lipinski definition) is 1. The van der Waals surface area contributed by atoms with Crippen molar-refractivity contribution < 1.29 is 17.6 Å². The molecule has 1 heterocycles. The second-order valence-corrected chi connectivity index (χ2v) is 4.37. The maximum absolute atomic E-state index is 13.3. The van der Waals surface area contributed by atoms with Crippen molar-refractivity contribution in [1.29, 1.82) is 0 Å². The highest BCUT2D eigenvalue weighted by atomic mass is 19.4. The van der Waals surface area contributed by atoms with Crippen LogP contribution in [0.1, 0.15) is 18.3 Å². The van der Waals surface area contributed by atoms with Crippen LogP contribution in [0.25, 0.3) is 11.3 Å². The third-order valence-corrected chi connectivity index (χ3v) is 3.09. The van der Waals surface area contributed by atoms with Gasteiger partial charge < -0.3 is 10.3 Å². The first-order valence-corrected chi connectivity index (χ1v) is 5.93. The predicted octanol–water partition coefficient (Wildman–Crippen LogP) is 3.39. The standard InChI is InChI=1S/C13H13F4N3/c1-3-10-19-11(12(18)20(10)2)7-4-5-9(14)8(6-7)13(15,16)17/h4-6H,3,18H2,1-2H3. The molecule has 20 heavy (non-hydrogen) atoms. The Kier molecular flexibility index (Phi) is 3.45. The van der Waals surface area contributed by atoms with Crippen LogP contribution in [0.2, 0.25) is 0 Å².